The van der Waals surface area contributed by atoms with Crippen LogP contribution in [0.25, 0.3) is 11.1 Å². The van der Waals surface area contributed by atoms with Gasteiger partial charge in [0, 0.05) is 24.3 Å². The molecule has 0 saturated heterocycles. The third-order valence-corrected chi connectivity index (χ3v) is 5.29. The van der Waals surface area contributed by atoms with Crippen LogP contribution in [-0.2, 0) is 13.1 Å². The van der Waals surface area contributed by atoms with Crippen molar-refractivity contribution < 1.29 is 4.79 Å². The average Bonchev–Trinajstić information content (AvgIpc) is 2.80. The van der Waals surface area contributed by atoms with E-state index in [2.05, 4.69) is 89.8 Å². The standard InChI is InChI=1S/C28H25NO/c1-22(30)25-12-14-26(15-13-25)27-16-18-28(19-17-27)29(20-23-8-4-2-5-9-23)21-24-10-6-3-7-11-24/h2-19H,20-21H2,1H3. The van der Waals surface area contributed by atoms with E-state index >= 15 is 0 Å². The number of rotatable bonds is 7. The number of anilines is 1. The molecular formula is C28H25NO. The molecule has 0 atom stereocenters. The molecule has 4 aromatic carbocycles. The van der Waals surface area contributed by atoms with Crippen LogP contribution >= 0.6 is 0 Å². The Kier molecular flexibility index (Phi) is 6.05. The molecule has 4 rings (SSSR count). The number of benzene rings is 4. The zero-order valence-electron chi connectivity index (χ0n) is 17.2. The molecule has 0 aliphatic rings. The Morgan fingerprint density at radius 3 is 1.47 bits per heavy atom. The van der Waals surface area contributed by atoms with E-state index in [9.17, 15) is 4.79 Å². The number of hydrogen-bond donors (Lipinski definition) is 0. The topological polar surface area (TPSA) is 20.3 Å². The first-order valence-electron chi connectivity index (χ1n) is 10.2. The molecule has 0 saturated carbocycles. The lowest BCUT2D eigenvalue weighted by molar-refractivity contribution is 0.101. The molecule has 0 radical (unpaired) electrons. The number of carbonyl (C=O) groups is 1. The molecular weight excluding hydrogens is 366 g/mol. The van der Waals surface area contributed by atoms with Crippen LogP contribution in [0.15, 0.2) is 109 Å². The van der Waals surface area contributed by atoms with Crippen molar-refractivity contribution in [2.24, 2.45) is 0 Å². The number of carbonyl (C=O) groups excluding carboxylic acids is 1. The summed E-state index contributed by atoms with van der Waals surface area (Å²) in [6, 6.07) is 37.6. The average molecular weight is 392 g/mol. The second-order valence-electron chi connectivity index (χ2n) is 7.51. The predicted molar refractivity (Wildman–Crippen MR) is 125 cm³/mol. The molecule has 0 spiro atoms. The van der Waals surface area contributed by atoms with Crippen LogP contribution in [0.3, 0.4) is 0 Å². The zero-order valence-corrected chi connectivity index (χ0v) is 17.2. The Balaban J connectivity index is 1.59. The fourth-order valence-corrected chi connectivity index (χ4v) is 3.61. The molecule has 0 heterocycles. The lowest BCUT2D eigenvalue weighted by atomic mass is 10.0. The van der Waals surface area contributed by atoms with Crippen LogP contribution in [0, 0.1) is 0 Å². The van der Waals surface area contributed by atoms with Gasteiger partial charge in [-0.2, -0.15) is 0 Å². The van der Waals surface area contributed by atoms with Gasteiger partial charge in [0.2, 0.25) is 0 Å². The summed E-state index contributed by atoms with van der Waals surface area (Å²) in [7, 11) is 0. The van der Waals surface area contributed by atoms with Gasteiger partial charge in [-0.1, -0.05) is 97.1 Å². The van der Waals surface area contributed by atoms with Crippen molar-refractivity contribution in [1.82, 2.24) is 0 Å². The molecule has 2 nitrogen and oxygen atoms in total. The van der Waals surface area contributed by atoms with Gasteiger partial charge in [-0.15, -0.1) is 0 Å². The first-order valence-corrected chi connectivity index (χ1v) is 10.2. The number of nitrogens with zero attached hydrogens (tertiary/aromatic N) is 1. The maximum atomic E-state index is 11.5. The minimum absolute atomic E-state index is 0.0920. The highest BCUT2D eigenvalue weighted by Gasteiger charge is 2.09. The monoisotopic (exact) mass is 391 g/mol. The Morgan fingerprint density at radius 2 is 1.03 bits per heavy atom. The van der Waals surface area contributed by atoms with E-state index in [0.29, 0.717) is 0 Å². The first kappa shape index (κ1) is 19.7. The van der Waals surface area contributed by atoms with E-state index in [4.69, 9.17) is 0 Å². The number of ketones is 1. The molecule has 2 heteroatoms. The summed E-state index contributed by atoms with van der Waals surface area (Å²) in [5.74, 6) is 0.0920. The van der Waals surface area contributed by atoms with E-state index in [0.717, 1.165) is 29.8 Å². The minimum atomic E-state index is 0.0920. The largest absolute Gasteiger partial charge is 0.363 e. The van der Waals surface area contributed by atoms with Gasteiger partial charge >= 0.3 is 0 Å². The molecule has 0 aromatic heterocycles. The Bertz CT molecular complexity index is 1040. The van der Waals surface area contributed by atoms with E-state index in [1.807, 2.05) is 24.3 Å². The van der Waals surface area contributed by atoms with Gasteiger partial charge < -0.3 is 4.90 Å². The van der Waals surface area contributed by atoms with Gasteiger partial charge in [0.1, 0.15) is 0 Å². The van der Waals surface area contributed by atoms with Gasteiger partial charge in [-0.05, 0) is 41.3 Å². The van der Waals surface area contributed by atoms with Gasteiger partial charge in [0.25, 0.3) is 0 Å². The van der Waals surface area contributed by atoms with Crippen LogP contribution in [0.4, 0.5) is 5.69 Å². The van der Waals surface area contributed by atoms with Gasteiger partial charge in [-0.25, -0.2) is 0 Å². The highest BCUT2D eigenvalue weighted by Crippen LogP contribution is 2.26. The zero-order chi connectivity index (χ0) is 20.8. The molecule has 0 aliphatic carbocycles. The molecule has 148 valence electrons. The third kappa shape index (κ3) is 4.84. The normalized spacial score (nSPS) is 10.6. The predicted octanol–water partition coefficient (Wildman–Crippen LogP) is 6.76. The van der Waals surface area contributed by atoms with Crippen molar-refractivity contribution in [2.45, 2.75) is 20.0 Å². The lowest BCUT2D eigenvalue weighted by Crippen LogP contribution is -2.22. The lowest BCUT2D eigenvalue weighted by Gasteiger charge is -2.25. The summed E-state index contributed by atoms with van der Waals surface area (Å²) < 4.78 is 0. The second kappa shape index (κ2) is 9.23. The molecule has 4 aromatic rings. The smallest absolute Gasteiger partial charge is 0.159 e. The maximum Gasteiger partial charge on any atom is 0.159 e. The first-order chi connectivity index (χ1) is 14.7. The fourth-order valence-electron chi connectivity index (χ4n) is 3.61. The van der Waals surface area contributed by atoms with Crippen LogP contribution in [0.2, 0.25) is 0 Å². The second-order valence-corrected chi connectivity index (χ2v) is 7.51. The summed E-state index contributed by atoms with van der Waals surface area (Å²) >= 11 is 0. The van der Waals surface area contributed by atoms with Crippen LogP contribution in [-0.4, -0.2) is 5.78 Å². The fraction of sp³-hybridized carbons (Fsp3) is 0.107. The van der Waals surface area contributed by atoms with Gasteiger partial charge in [0.05, 0.1) is 0 Å². The van der Waals surface area contributed by atoms with Crippen LogP contribution < -0.4 is 4.90 Å². The minimum Gasteiger partial charge on any atom is -0.363 e. The van der Waals surface area contributed by atoms with Crippen molar-refractivity contribution in [3.63, 3.8) is 0 Å². The van der Waals surface area contributed by atoms with Crippen LogP contribution in [0.1, 0.15) is 28.4 Å². The van der Waals surface area contributed by atoms with Crippen molar-refractivity contribution in [3.8, 4) is 11.1 Å². The third-order valence-electron chi connectivity index (χ3n) is 5.29. The molecule has 0 aliphatic heterocycles. The van der Waals surface area contributed by atoms with E-state index in [1.54, 1.807) is 6.92 Å². The molecule has 0 amide bonds. The van der Waals surface area contributed by atoms with Crippen molar-refractivity contribution in [1.29, 1.82) is 0 Å². The van der Waals surface area contributed by atoms with Gasteiger partial charge in [0.15, 0.2) is 5.78 Å². The quantitative estimate of drug-likeness (QED) is 0.324. The van der Waals surface area contributed by atoms with Gasteiger partial charge in [-0.3, -0.25) is 4.79 Å². The summed E-state index contributed by atoms with van der Waals surface area (Å²) in [5.41, 5.74) is 6.77. The van der Waals surface area contributed by atoms with E-state index in [-0.39, 0.29) is 5.78 Å². The number of hydrogen-bond acceptors (Lipinski definition) is 2. The summed E-state index contributed by atoms with van der Waals surface area (Å²) in [6.45, 7) is 3.29. The molecule has 0 N–H and O–H groups in total. The molecule has 0 bridgehead atoms. The summed E-state index contributed by atoms with van der Waals surface area (Å²) in [4.78, 5) is 13.9. The Hall–Kier alpha value is -3.65. The van der Waals surface area contributed by atoms with E-state index < -0.39 is 0 Å². The van der Waals surface area contributed by atoms with Crippen molar-refractivity contribution in [3.05, 3.63) is 126 Å². The highest BCUT2D eigenvalue weighted by atomic mass is 16.1. The van der Waals surface area contributed by atoms with E-state index in [1.165, 1.54) is 16.8 Å². The molecule has 0 fully saturated rings. The summed E-state index contributed by atoms with van der Waals surface area (Å²) in [6.07, 6.45) is 0. The Labute approximate surface area is 178 Å². The van der Waals surface area contributed by atoms with Crippen molar-refractivity contribution in [2.75, 3.05) is 4.90 Å². The highest BCUT2D eigenvalue weighted by molar-refractivity contribution is 5.94. The van der Waals surface area contributed by atoms with Crippen LogP contribution in [0.5, 0.6) is 0 Å². The maximum absolute atomic E-state index is 11.5. The molecule has 30 heavy (non-hydrogen) atoms. The number of Topliss-reactive ketones (excluding diaryl/α,β-unsaturated/α-hetero) is 1. The Morgan fingerprint density at radius 1 is 0.600 bits per heavy atom. The summed E-state index contributed by atoms with van der Waals surface area (Å²) in [5, 5.41) is 0. The molecule has 0 unspecified atom stereocenters. The van der Waals surface area contributed by atoms with Crippen molar-refractivity contribution >= 4 is 11.5 Å². The SMILES string of the molecule is CC(=O)c1ccc(-c2ccc(N(Cc3ccccc3)Cc3ccccc3)cc2)cc1.